The zero-order valence-electron chi connectivity index (χ0n) is 17.5. The van der Waals surface area contributed by atoms with E-state index < -0.39 is 0 Å². The van der Waals surface area contributed by atoms with Gasteiger partial charge in [0.1, 0.15) is 14.1 Å². The number of fused-ring (bicyclic) bond motifs is 2. The van der Waals surface area contributed by atoms with Crippen molar-refractivity contribution in [3.05, 3.63) is 72.9 Å². The molecule has 2 aliphatic carbocycles. The van der Waals surface area contributed by atoms with Gasteiger partial charge in [-0.05, 0) is 24.3 Å². The predicted molar refractivity (Wildman–Crippen MR) is 116 cm³/mol. The van der Waals surface area contributed by atoms with Crippen molar-refractivity contribution in [2.75, 3.05) is 14.1 Å². The summed E-state index contributed by atoms with van der Waals surface area (Å²) in [4.78, 5) is 0. The maximum atomic E-state index is 2.24. The van der Waals surface area contributed by atoms with Gasteiger partial charge in [0.15, 0.2) is 24.5 Å². The largest absolute Gasteiger partial charge is 0.870 e. The molecule has 4 rings (SSSR count). The maximum Gasteiger partial charge on any atom is 0.180 e. The van der Waals surface area contributed by atoms with Gasteiger partial charge in [-0.1, -0.05) is 48.6 Å². The first-order valence-corrected chi connectivity index (χ1v) is 7.93. The van der Waals surface area contributed by atoms with Crippen LogP contribution in [0.2, 0.25) is 0 Å². The SMILES string of the molecule is C[N+]1=CC=CC2C=CC=CC21.C[N+]1=CC=CC2C=CC=CC21.O.O.O.O.O.[Cr].[Cr].[OH-].[OH-]. The minimum atomic E-state index is 0. The molecule has 0 aromatic carbocycles. The average Bonchev–Trinajstić information content (AvgIpc) is 2.57. The van der Waals surface area contributed by atoms with Gasteiger partial charge in [0.2, 0.25) is 0 Å². The van der Waals surface area contributed by atoms with Gasteiger partial charge in [-0.25, -0.2) is 9.15 Å². The summed E-state index contributed by atoms with van der Waals surface area (Å²) in [6.07, 6.45) is 30.4. The van der Waals surface area contributed by atoms with Gasteiger partial charge in [0.25, 0.3) is 0 Å². The van der Waals surface area contributed by atoms with Crippen molar-refractivity contribution in [1.29, 1.82) is 0 Å². The number of rotatable bonds is 0. The van der Waals surface area contributed by atoms with E-state index in [4.69, 9.17) is 0 Å². The number of likely N-dealkylation sites (N-methyl/N-ethyl adjacent to an activating group) is 2. The summed E-state index contributed by atoms with van der Waals surface area (Å²) in [6.45, 7) is 0. The summed E-state index contributed by atoms with van der Waals surface area (Å²) in [5, 5.41) is 0. The van der Waals surface area contributed by atoms with Gasteiger partial charge < -0.3 is 38.3 Å². The summed E-state index contributed by atoms with van der Waals surface area (Å²) in [7, 11) is 4.23. The number of nitrogens with zero attached hydrogens (tertiary/aromatic N) is 2. The van der Waals surface area contributed by atoms with Crippen LogP contribution in [0, 0.1) is 11.8 Å². The molecule has 11 heteroatoms. The summed E-state index contributed by atoms with van der Waals surface area (Å²) in [5.74, 6) is 1.16. The van der Waals surface area contributed by atoms with E-state index >= 15 is 0 Å². The molecule has 4 atom stereocenters. The molecule has 0 saturated heterocycles. The van der Waals surface area contributed by atoms with Crippen LogP contribution >= 0.6 is 0 Å². The Bertz CT molecular complexity index is 629. The van der Waals surface area contributed by atoms with E-state index in [0.29, 0.717) is 23.9 Å². The summed E-state index contributed by atoms with van der Waals surface area (Å²) < 4.78 is 4.48. The molecule has 0 spiro atoms. The van der Waals surface area contributed by atoms with Crippen LogP contribution in [0.25, 0.3) is 0 Å². The first kappa shape index (κ1) is 47.4. The fourth-order valence-corrected chi connectivity index (χ4v) is 3.22. The van der Waals surface area contributed by atoms with Crippen molar-refractivity contribution in [2.24, 2.45) is 11.8 Å². The van der Waals surface area contributed by atoms with E-state index in [0.717, 1.165) is 0 Å². The van der Waals surface area contributed by atoms with E-state index in [1.807, 2.05) is 0 Å². The monoisotopic (exact) mass is 520 g/mol. The molecule has 4 unspecified atom stereocenters. The van der Waals surface area contributed by atoms with Crippen molar-refractivity contribution in [3.8, 4) is 0 Å². The molecule has 9 nitrogen and oxygen atoms in total. The Labute approximate surface area is 205 Å². The van der Waals surface area contributed by atoms with Crippen molar-refractivity contribution in [2.45, 2.75) is 12.1 Å². The molecule has 0 aromatic heterocycles. The van der Waals surface area contributed by atoms with Crippen LogP contribution in [0.3, 0.4) is 0 Å². The van der Waals surface area contributed by atoms with Crippen molar-refractivity contribution < 1.29 is 82.2 Å². The topological polar surface area (TPSA) is 224 Å². The maximum absolute atomic E-state index is 2.24. The molecule has 31 heavy (non-hydrogen) atoms. The number of hydrogen-bond acceptors (Lipinski definition) is 2. The zero-order valence-corrected chi connectivity index (χ0v) is 20.0. The van der Waals surface area contributed by atoms with Crippen LogP contribution in [-0.2, 0) is 34.7 Å². The van der Waals surface area contributed by atoms with Gasteiger partial charge in [-0.15, -0.1) is 0 Å². The Balaban J connectivity index is -0.0000000576. The fraction of sp³-hybridized carbons (Fsp3) is 0.300. The van der Waals surface area contributed by atoms with Gasteiger partial charge in [-0.2, -0.15) is 0 Å². The Kier molecular flexibility index (Phi) is 35.5. The molecule has 0 fully saturated rings. The Morgan fingerprint density at radius 1 is 0.452 bits per heavy atom. The standard InChI is InChI=1S/2C10H12N.2Cr.7H2O/c2*1-11-8-4-6-9-5-2-3-7-10(9)11;;;;;;;;;/h2*2-10H,1H3;;;7*1H2/q2*+1;;;;;;;;;/p-2. The van der Waals surface area contributed by atoms with Crippen LogP contribution in [0.1, 0.15) is 0 Å². The molecule has 2 aliphatic heterocycles. The molecule has 4 aliphatic rings. The molecule has 0 amide bonds. The van der Waals surface area contributed by atoms with Crippen LogP contribution < -0.4 is 0 Å². The van der Waals surface area contributed by atoms with Crippen LogP contribution in [0.15, 0.2) is 72.9 Å². The minimum absolute atomic E-state index is 0. The van der Waals surface area contributed by atoms with Crippen molar-refractivity contribution in [3.63, 3.8) is 0 Å². The molecule has 0 saturated carbocycles. The van der Waals surface area contributed by atoms with E-state index in [2.05, 4.69) is 109 Å². The third-order valence-corrected chi connectivity index (χ3v) is 4.54. The summed E-state index contributed by atoms with van der Waals surface area (Å²) in [6, 6.07) is 1.09. The molecule has 0 radical (unpaired) electrons. The molecule has 180 valence electrons. The first-order chi connectivity index (χ1) is 10.8. The number of hydrogen-bond donors (Lipinski definition) is 0. The van der Waals surface area contributed by atoms with Gasteiger partial charge in [0, 0.05) is 34.7 Å². The molecular formula is C20H36Cr2N2O7. The smallest absolute Gasteiger partial charge is 0.180 e. The van der Waals surface area contributed by atoms with E-state index in [9.17, 15) is 0 Å². The second-order valence-corrected chi connectivity index (χ2v) is 6.07. The normalized spacial score (nSPS) is 23.7. The van der Waals surface area contributed by atoms with E-state index in [1.54, 1.807) is 0 Å². The van der Waals surface area contributed by atoms with Gasteiger partial charge >= 0.3 is 0 Å². The predicted octanol–water partition coefficient (Wildman–Crippen LogP) is -1.72. The molecule has 0 bridgehead atoms. The Morgan fingerprint density at radius 3 is 1.00 bits per heavy atom. The van der Waals surface area contributed by atoms with Gasteiger partial charge in [0.05, 0.1) is 11.8 Å². The average molecular weight is 521 g/mol. The molecule has 2 heterocycles. The minimum Gasteiger partial charge on any atom is -0.870 e. The summed E-state index contributed by atoms with van der Waals surface area (Å²) >= 11 is 0. The third kappa shape index (κ3) is 12.3. The molecule has 0 aromatic rings. The van der Waals surface area contributed by atoms with Gasteiger partial charge in [-0.3, -0.25) is 0 Å². The van der Waals surface area contributed by atoms with Crippen LogP contribution in [0.5, 0.6) is 0 Å². The Hall–Kier alpha value is -1.44. The second-order valence-electron chi connectivity index (χ2n) is 6.07. The Morgan fingerprint density at radius 2 is 0.710 bits per heavy atom. The van der Waals surface area contributed by atoms with E-state index in [-0.39, 0.29) is 73.1 Å². The first-order valence-electron chi connectivity index (χ1n) is 7.93. The molecule has 12 N–H and O–H groups in total. The zero-order chi connectivity index (χ0) is 15.4. The van der Waals surface area contributed by atoms with Crippen molar-refractivity contribution >= 4 is 12.4 Å². The van der Waals surface area contributed by atoms with Crippen LogP contribution in [-0.4, -0.2) is 86.1 Å². The van der Waals surface area contributed by atoms with Crippen molar-refractivity contribution in [1.82, 2.24) is 0 Å². The fourth-order valence-electron chi connectivity index (χ4n) is 3.22. The quantitative estimate of drug-likeness (QED) is 0.340. The third-order valence-electron chi connectivity index (χ3n) is 4.54. The van der Waals surface area contributed by atoms with Crippen LogP contribution in [0.4, 0.5) is 0 Å². The molecular weight excluding hydrogens is 484 g/mol. The summed E-state index contributed by atoms with van der Waals surface area (Å²) in [5.41, 5.74) is 0. The number of allylic oxidation sites excluding steroid dienone is 6. The van der Waals surface area contributed by atoms with E-state index in [1.165, 1.54) is 0 Å². The second kappa shape index (κ2) is 23.2.